The fraction of sp³-hybridized carbons (Fsp3) is 0.391. The molecule has 101 heavy (non-hydrogen) atoms. The van der Waals surface area contributed by atoms with Crippen LogP contribution in [0.15, 0.2) is 110 Å². The third kappa shape index (κ3) is 19.2. The molecule has 8 atom stereocenters. The zero-order chi connectivity index (χ0) is 72.1. The van der Waals surface area contributed by atoms with E-state index in [1.165, 1.54) is 115 Å². The molecule has 7 aromatic rings. The number of aromatic hydroxyl groups is 1. The lowest BCUT2D eigenvalue weighted by atomic mass is 9.95. The first kappa shape index (κ1) is 73.4. The average Bonchev–Trinajstić information content (AvgIpc) is 1.70. The number of nitrogens with zero attached hydrogens (tertiary/aromatic N) is 2. The molecule has 16 N–H and O–H groups in total. The number of aliphatic carboxylic acids is 1. The van der Waals surface area contributed by atoms with Crippen molar-refractivity contribution in [1.29, 1.82) is 0 Å². The minimum atomic E-state index is -2.04. The lowest BCUT2D eigenvalue weighted by Gasteiger charge is -2.37. The third-order valence-electron chi connectivity index (χ3n) is 18.1. The summed E-state index contributed by atoms with van der Waals surface area (Å²) in [6, 6.07) is 9.49. The Morgan fingerprint density at radius 3 is 1.87 bits per heavy atom. The summed E-state index contributed by atoms with van der Waals surface area (Å²) in [5, 5.41) is 53.1. The Morgan fingerprint density at radius 1 is 0.663 bits per heavy atom. The number of hydrogen-bond acceptors (Lipinski definition) is 16. The Kier molecular flexibility index (Phi) is 23.8. The van der Waals surface area contributed by atoms with Gasteiger partial charge in [-0.2, -0.15) is 23.5 Å². The van der Waals surface area contributed by atoms with Crippen molar-refractivity contribution in [3.63, 3.8) is 0 Å². The summed E-state index contributed by atoms with van der Waals surface area (Å²) in [4.78, 5) is 171. The molecular formula is C69H78F2N14O14S2. The molecular weight excluding hydrogens is 1350 g/mol. The zero-order valence-corrected chi connectivity index (χ0v) is 56.5. The van der Waals surface area contributed by atoms with Crippen LogP contribution in [0.3, 0.4) is 0 Å². The largest absolute Gasteiger partial charge is 0.508 e. The van der Waals surface area contributed by atoms with Gasteiger partial charge in [0.25, 0.3) is 0 Å². The number of rotatable bonds is 13. The number of aromatic nitrogens is 4. The highest BCUT2D eigenvalue weighted by Crippen LogP contribution is 2.39. The Hall–Kier alpha value is -10.3. The summed E-state index contributed by atoms with van der Waals surface area (Å²) < 4.78 is 29.8. The third-order valence-corrected chi connectivity index (χ3v) is 20.2. The van der Waals surface area contributed by atoms with E-state index < -0.39 is 156 Å². The molecule has 10 amide bonds. The van der Waals surface area contributed by atoms with E-state index in [9.17, 15) is 57.7 Å². The molecule has 0 spiro atoms. The fourth-order valence-electron chi connectivity index (χ4n) is 12.3. The van der Waals surface area contributed by atoms with Crippen molar-refractivity contribution in [3.8, 4) is 5.75 Å². The van der Waals surface area contributed by atoms with E-state index in [0.29, 0.717) is 51.2 Å². The normalized spacial score (nSPS) is 23.8. The number of carboxylic acids is 1. The Balaban J connectivity index is 0.983. The molecule has 28 nitrogen and oxygen atoms in total. The Morgan fingerprint density at radius 2 is 1.26 bits per heavy atom. The van der Waals surface area contributed by atoms with Crippen LogP contribution in [0, 0.1) is 11.6 Å². The Bertz CT molecular complexity index is 4250. The molecule has 3 aliphatic rings. The van der Waals surface area contributed by atoms with Crippen LogP contribution < -0.4 is 48.3 Å². The molecule has 2 bridgehead atoms. The van der Waals surface area contributed by atoms with Crippen molar-refractivity contribution < 1.29 is 76.8 Å². The minimum Gasteiger partial charge on any atom is -0.508 e. The molecule has 2 fully saturated rings. The van der Waals surface area contributed by atoms with Crippen molar-refractivity contribution in [2.45, 2.75) is 142 Å². The van der Waals surface area contributed by atoms with Crippen LogP contribution in [-0.4, -0.2) is 183 Å². The molecule has 5 heterocycles. The van der Waals surface area contributed by atoms with Crippen molar-refractivity contribution in [3.05, 3.63) is 155 Å². The highest BCUT2D eigenvalue weighted by atomic mass is 32.2. The van der Waals surface area contributed by atoms with E-state index in [0.717, 1.165) is 17.2 Å². The number of carbonyl (C=O) groups excluding carboxylic acids is 10. The molecule has 534 valence electrons. The number of carbonyl (C=O) groups is 11. The van der Waals surface area contributed by atoms with Gasteiger partial charge in [-0.05, 0) is 122 Å². The standard InChI is InChI=1S/C69H78F2N14O14S2/c1-68-17-3-20-85(68)66(97)54(23-37-6-11-45(86)12-7-37)82-61(92)50(15-10-44-31-73-36-77-44)79-64(95)53(28-58(89)90)81-63(94)52(25-41-30-75-49-14-9-43(71)27-47(41)49)80-62(93)51(24-40-29-74-48-13-8-42(70)26-46(40)48)78-57(88)32-76-65(96)59(69(99)18-19-69)84-56(87)16-21-100-33-38-4-2-5-39(22-38)34-101-35-55(60(72)91)83-67(68)98/h2,4-9,11-14,22,26-27,29-31,36,50-55,59,74-75,86,99H,3,10,15-21,23-25,28,32-35H2,1H3,(H2,72,91)(H,73,77)(H,76,96)(H,78,88)(H,79,95)(H,80,93)(H,81,94)(H,82,92)(H,83,98)(H,84,87)(H,89,90)/t50-,51-,52-,53-,54-,55-,59+,68-/m0/s1. The number of nitrogens with two attached hydrogens (primary N) is 1. The van der Waals surface area contributed by atoms with Crippen LogP contribution in [0.4, 0.5) is 8.78 Å². The highest BCUT2D eigenvalue weighted by molar-refractivity contribution is 7.98. The summed E-state index contributed by atoms with van der Waals surface area (Å²) >= 11 is 2.73. The van der Waals surface area contributed by atoms with Crippen molar-refractivity contribution >= 4 is 110 Å². The maximum absolute atomic E-state index is 15.2. The molecule has 2 aliphatic heterocycles. The molecule has 1 saturated carbocycles. The number of primary amides is 1. The predicted octanol–water partition coefficient (Wildman–Crippen LogP) is 1.96. The van der Waals surface area contributed by atoms with Crippen molar-refractivity contribution in [2.24, 2.45) is 5.73 Å². The summed E-state index contributed by atoms with van der Waals surface area (Å²) in [5.74, 6) is -11.2. The lowest BCUT2D eigenvalue weighted by molar-refractivity contribution is -0.147. The molecule has 1 aliphatic carbocycles. The monoisotopic (exact) mass is 1430 g/mol. The maximum Gasteiger partial charge on any atom is 0.305 e. The summed E-state index contributed by atoms with van der Waals surface area (Å²) in [7, 11) is 0. The Labute approximate surface area is 585 Å². The van der Waals surface area contributed by atoms with Crippen LogP contribution >= 0.6 is 23.5 Å². The van der Waals surface area contributed by atoms with Crippen LogP contribution in [-0.2, 0) is 89.9 Å². The number of amides is 10. The van der Waals surface area contributed by atoms with Crippen LogP contribution in [0.25, 0.3) is 21.8 Å². The number of halogens is 2. The summed E-state index contributed by atoms with van der Waals surface area (Å²) in [5.41, 5.74) is 6.67. The average molecular weight is 1430 g/mol. The van der Waals surface area contributed by atoms with E-state index in [2.05, 4.69) is 62.5 Å². The quantitative estimate of drug-likeness (QED) is 0.0784. The zero-order valence-electron chi connectivity index (χ0n) is 54.8. The van der Waals surface area contributed by atoms with E-state index in [-0.39, 0.29) is 79.7 Å². The first-order valence-corrected chi connectivity index (χ1v) is 35.1. The number of imidazole rings is 1. The number of nitrogens with one attached hydrogen (secondary N) is 11. The van der Waals surface area contributed by atoms with Gasteiger partial charge in [-0.3, -0.25) is 52.7 Å². The second-order valence-electron chi connectivity index (χ2n) is 25.6. The summed E-state index contributed by atoms with van der Waals surface area (Å²) in [6.07, 6.45) is 3.85. The SMILES string of the molecule is C[C@@]12CCCN1C(=O)[C@H](Cc1ccc(O)cc1)NC(=O)[C@H](CCc1cnc[nH]1)NC(=O)[C@H](CC(=O)O)NC(=O)[C@H](Cc1c[nH]c3ccc(F)cc13)NC(=O)[C@H](Cc1c[nH]c3ccc(F)cc13)NC(=O)CNC(=O)[C@H](C1(O)CC1)NC(=O)CCSCc1cccc(c1)CSC[C@@H](C(N)=O)NC2=O. The number of phenols is 1. The van der Waals surface area contributed by atoms with Gasteiger partial charge >= 0.3 is 5.97 Å². The van der Waals surface area contributed by atoms with Gasteiger partial charge in [0.15, 0.2) is 0 Å². The van der Waals surface area contributed by atoms with E-state index in [1.54, 1.807) is 0 Å². The minimum absolute atomic E-state index is 0.0130. The van der Waals surface area contributed by atoms with Gasteiger partial charge < -0.3 is 83.4 Å². The lowest BCUT2D eigenvalue weighted by Crippen LogP contribution is -2.63. The number of aliphatic hydroxyl groups is 1. The number of carboxylic acid groups (broad SMARTS) is 1. The highest BCUT2D eigenvalue weighted by Gasteiger charge is 2.52. The number of aryl methyl sites for hydroxylation is 1. The van der Waals surface area contributed by atoms with Gasteiger partial charge in [-0.15, -0.1) is 0 Å². The summed E-state index contributed by atoms with van der Waals surface area (Å²) in [6.45, 7) is 0.710. The topological polar surface area (TPSA) is 434 Å². The second-order valence-corrected chi connectivity index (χ2v) is 27.8. The molecule has 1 saturated heterocycles. The van der Waals surface area contributed by atoms with Crippen molar-refractivity contribution in [1.82, 2.24) is 67.4 Å². The van der Waals surface area contributed by atoms with Gasteiger partial charge in [0, 0.05) is 101 Å². The van der Waals surface area contributed by atoms with E-state index in [1.807, 2.05) is 24.3 Å². The molecule has 10 rings (SSSR count). The number of aromatic amines is 3. The van der Waals surface area contributed by atoms with Crippen LogP contribution in [0.1, 0.15) is 85.4 Å². The van der Waals surface area contributed by atoms with Gasteiger partial charge in [-0.25, -0.2) is 13.8 Å². The molecule has 3 aromatic heterocycles. The number of benzene rings is 4. The smallest absolute Gasteiger partial charge is 0.305 e. The maximum atomic E-state index is 15.2. The first-order chi connectivity index (χ1) is 48.3. The molecule has 0 unspecified atom stereocenters. The first-order valence-electron chi connectivity index (χ1n) is 32.7. The molecule has 32 heteroatoms. The van der Waals surface area contributed by atoms with Gasteiger partial charge in [0.1, 0.15) is 65.2 Å². The molecule has 4 aromatic carbocycles. The molecule has 0 radical (unpaired) electrons. The second kappa shape index (κ2) is 32.8. The van der Waals surface area contributed by atoms with Gasteiger partial charge in [0.2, 0.25) is 59.1 Å². The van der Waals surface area contributed by atoms with Crippen LogP contribution in [0.5, 0.6) is 5.75 Å². The number of phenolic OH excluding ortho intramolecular Hbond substituents is 1. The van der Waals surface area contributed by atoms with E-state index >= 15 is 19.2 Å². The van der Waals surface area contributed by atoms with E-state index in [4.69, 9.17) is 5.73 Å². The number of thioether (sulfide) groups is 2. The van der Waals surface area contributed by atoms with Gasteiger partial charge in [-0.1, -0.05) is 36.4 Å². The fourth-order valence-corrected chi connectivity index (χ4v) is 14.3. The van der Waals surface area contributed by atoms with Gasteiger partial charge in [0.05, 0.1) is 24.9 Å². The predicted molar refractivity (Wildman–Crippen MR) is 368 cm³/mol. The van der Waals surface area contributed by atoms with Crippen molar-refractivity contribution in [2.75, 3.05) is 24.6 Å². The number of hydrogen-bond donors (Lipinski definition) is 15. The number of H-pyrrole nitrogens is 3. The number of fused-ring (bicyclic) bond motifs is 5. The van der Waals surface area contributed by atoms with Crippen LogP contribution in [0.2, 0.25) is 0 Å².